The van der Waals surface area contributed by atoms with Crippen LogP contribution in [0.15, 0.2) is 91.0 Å². The molecular formula is C27H30Ti. The topological polar surface area (TPSA) is 0 Å². The Kier molecular flexibility index (Phi) is 14.7. The molecule has 0 saturated heterocycles. The second kappa shape index (κ2) is 15.9. The van der Waals surface area contributed by atoms with E-state index >= 15 is 0 Å². The van der Waals surface area contributed by atoms with Crippen molar-refractivity contribution in [1.82, 2.24) is 0 Å². The largest absolute Gasteiger partial charge is 4.00 e. The second-order valence-electron chi connectivity index (χ2n) is 6.24. The summed E-state index contributed by atoms with van der Waals surface area (Å²) in [6, 6.07) is 35.0. The van der Waals surface area contributed by atoms with Crippen LogP contribution in [0.3, 0.4) is 0 Å². The maximum absolute atomic E-state index is 2.89. The fourth-order valence-electron chi connectivity index (χ4n) is 2.41. The normalized spacial score (nSPS) is 8.61. The monoisotopic (exact) mass is 402 g/mol. The van der Waals surface area contributed by atoms with Crippen LogP contribution >= 0.6 is 0 Å². The van der Waals surface area contributed by atoms with Gasteiger partial charge in [-0.25, -0.2) is 12.1 Å². The van der Waals surface area contributed by atoms with E-state index in [1.54, 1.807) is 0 Å². The molecule has 0 N–H and O–H groups in total. The zero-order valence-corrected chi connectivity index (χ0v) is 19.2. The van der Waals surface area contributed by atoms with Crippen LogP contribution in [0.2, 0.25) is 0 Å². The van der Waals surface area contributed by atoms with Crippen LogP contribution in [0.5, 0.6) is 0 Å². The Hall–Kier alpha value is -2.15. The molecule has 0 radical (unpaired) electrons. The Morgan fingerprint density at radius 1 is 0.607 bits per heavy atom. The molecule has 4 aromatic rings. The molecule has 0 atom stereocenters. The molecule has 0 unspecified atom stereocenters. The SMILES string of the molecule is Cc1c(C)c(C)[c-](C)c1C.[Ti+4].[c-]1ccccc1.[c-]1ccccc1.c1cc[cH-]c1. The zero-order chi connectivity index (χ0) is 19.9. The van der Waals surface area contributed by atoms with Crippen LogP contribution in [0, 0.1) is 46.8 Å². The van der Waals surface area contributed by atoms with Crippen molar-refractivity contribution in [3.05, 3.63) is 131 Å². The van der Waals surface area contributed by atoms with Gasteiger partial charge in [0.2, 0.25) is 0 Å². The third-order valence-corrected chi connectivity index (χ3v) is 4.58. The van der Waals surface area contributed by atoms with Crippen LogP contribution < -0.4 is 0 Å². The molecule has 0 spiro atoms. The van der Waals surface area contributed by atoms with E-state index in [0.717, 1.165) is 0 Å². The van der Waals surface area contributed by atoms with Gasteiger partial charge in [-0.2, -0.15) is 119 Å². The van der Waals surface area contributed by atoms with Crippen LogP contribution in [0.25, 0.3) is 0 Å². The van der Waals surface area contributed by atoms with Crippen molar-refractivity contribution in [2.45, 2.75) is 34.6 Å². The van der Waals surface area contributed by atoms with Gasteiger partial charge in [0.25, 0.3) is 0 Å². The van der Waals surface area contributed by atoms with E-state index in [9.17, 15) is 0 Å². The van der Waals surface area contributed by atoms with E-state index < -0.39 is 0 Å². The molecule has 142 valence electrons. The molecule has 0 saturated carbocycles. The molecule has 0 heterocycles. The molecule has 4 rings (SSSR count). The molecule has 0 aromatic heterocycles. The van der Waals surface area contributed by atoms with Crippen molar-refractivity contribution < 1.29 is 21.7 Å². The molecule has 0 bridgehead atoms. The minimum Gasteiger partial charge on any atom is -0.214 e. The first kappa shape index (κ1) is 25.9. The average Bonchev–Trinajstić information content (AvgIpc) is 3.38. The summed E-state index contributed by atoms with van der Waals surface area (Å²) < 4.78 is 0. The summed E-state index contributed by atoms with van der Waals surface area (Å²) in [6.07, 6.45) is 0. The predicted octanol–water partition coefficient (Wildman–Crippen LogP) is 7.32. The molecule has 0 fully saturated rings. The fraction of sp³-hybridized carbons (Fsp3) is 0.185. The van der Waals surface area contributed by atoms with E-state index in [0.29, 0.717) is 0 Å². The van der Waals surface area contributed by atoms with Crippen LogP contribution in [0.4, 0.5) is 0 Å². The standard InChI is InChI=1S/C10H15.2C6H5.C5H5.Ti/c1-6-7(2)9(4)10(5)8(6)3;2*1-2-4-6-5-3-1;1-2-4-5-3-1;/h1-5H3;2*1-5H;1-5H;/q4*-1;+4. The number of rotatable bonds is 0. The van der Waals surface area contributed by atoms with Gasteiger partial charge in [0.1, 0.15) is 0 Å². The summed E-state index contributed by atoms with van der Waals surface area (Å²) in [7, 11) is 0. The summed E-state index contributed by atoms with van der Waals surface area (Å²) in [4.78, 5) is 0. The molecule has 0 aliphatic rings. The first-order valence-electron chi connectivity index (χ1n) is 9.24. The first-order valence-corrected chi connectivity index (χ1v) is 9.24. The molecule has 0 aliphatic heterocycles. The van der Waals surface area contributed by atoms with Gasteiger partial charge < -0.3 is 0 Å². The number of benzene rings is 2. The van der Waals surface area contributed by atoms with E-state index in [-0.39, 0.29) is 21.7 Å². The minimum atomic E-state index is 0. The van der Waals surface area contributed by atoms with Gasteiger partial charge in [0, 0.05) is 0 Å². The minimum absolute atomic E-state index is 0. The van der Waals surface area contributed by atoms with Crippen LogP contribution in [-0.2, 0) is 21.7 Å². The van der Waals surface area contributed by atoms with Crippen molar-refractivity contribution in [2.75, 3.05) is 0 Å². The summed E-state index contributed by atoms with van der Waals surface area (Å²) >= 11 is 0. The average molecular weight is 402 g/mol. The molecule has 1 heteroatoms. The van der Waals surface area contributed by atoms with Gasteiger partial charge in [0.05, 0.1) is 0 Å². The van der Waals surface area contributed by atoms with Crippen LogP contribution in [0.1, 0.15) is 27.8 Å². The third kappa shape index (κ3) is 10.3. The first-order chi connectivity index (χ1) is 13.1. The van der Waals surface area contributed by atoms with Crippen molar-refractivity contribution >= 4 is 0 Å². The Balaban J connectivity index is 0.000000356. The predicted molar refractivity (Wildman–Crippen MR) is 118 cm³/mol. The van der Waals surface area contributed by atoms with Crippen molar-refractivity contribution in [2.24, 2.45) is 0 Å². The smallest absolute Gasteiger partial charge is 0.214 e. The Bertz CT molecular complexity index is 627. The Morgan fingerprint density at radius 3 is 1.07 bits per heavy atom. The van der Waals surface area contributed by atoms with Gasteiger partial charge in [-0.1, -0.05) is 34.6 Å². The summed E-state index contributed by atoms with van der Waals surface area (Å²) in [6.45, 7) is 11.0. The van der Waals surface area contributed by atoms with Crippen molar-refractivity contribution in [1.29, 1.82) is 0 Å². The maximum atomic E-state index is 2.89. The zero-order valence-electron chi connectivity index (χ0n) is 17.7. The van der Waals surface area contributed by atoms with E-state index in [2.05, 4.69) is 46.8 Å². The fourth-order valence-corrected chi connectivity index (χ4v) is 2.41. The van der Waals surface area contributed by atoms with Crippen molar-refractivity contribution in [3.63, 3.8) is 0 Å². The molecule has 0 nitrogen and oxygen atoms in total. The van der Waals surface area contributed by atoms with Crippen LogP contribution in [-0.4, -0.2) is 0 Å². The maximum Gasteiger partial charge on any atom is 4.00 e. The molecule has 28 heavy (non-hydrogen) atoms. The second-order valence-corrected chi connectivity index (χ2v) is 6.24. The van der Waals surface area contributed by atoms with Gasteiger partial charge in [0.15, 0.2) is 0 Å². The molecular weight excluding hydrogens is 372 g/mol. The van der Waals surface area contributed by atoms with Gasteiger partial charge in [-0.15, -0.1) is 0 Å². The molecule has 0 amide bonds. The molecule has 4 aromatic carbocycles. The number of hydrogen-bond donors (Lipinski definition) is 0. The quantitative estimate of drug-likeness (QED) is 0.213. The Morgan fingerprint density at radius 2 is 0.964 bits per heavy atom. The molecule has 0 aliphatic carbocycles. The van der Waals surface area contributed by atoms with Crippen molar-refractivity contribution in [3.8, 4) is 0 Å². The van der Waals surface area contributed by atoms with E-state index in [1.807, 2.05) is 91.0 Å². The van der Waals surface area contributed by atoms with Gasteiger partial charge in [-0.05, 0) is 0 Å². The summed E-state index contributed by atoms with van der Waals surface area (Å²) in [5, 5.41) is 0. The number of hydrogen-bond acceptors (Lipinski definition) is 0. The summed E-state index contributed by atoms with van der Waals surface area (Å²) in [5.41, 5.74) is 7.34. The van der Waals surface area contributed by atoms with Gasteiger partial charge >= 0.3 is 21.7 Å². The van der Waals surface area contributed by atoms with E-state index in [4.69, 9.17) is 0 Å². The summed E-state index contributed by atoms with van der Waals surface area (Å²) in [5.74, 6) is 0. The van der Waals surface area contributed by atoms with E-state index in [1.165, 1.54) is 27.8 Å². The third-order valence-electron chi connectivity index (χ3n) is 4.58. The Labute approximate surface area is 186 Å². The van der Waals surface area contributed by atoms with Gasteiger partial charge in [-0.3, -0.25) is 0 Å².